The van der Waals surface area contributed by atoms with Crippen LogP contribution in [0.5, 0.6) is 0 Å². The molecule has 1 aromatic carbocycles. The highest BCUT2D eigenvalue weighted by molar-refractivity contribution is 7.09. The number of nitrogens with one attached hydrogen (secondary N) is 1. The molecule has 1 aromatic heterocycles. The summed E-state index contributed by atoms with van der Waals surface area (Å²) in [5.74, 6) is -0.780. The standard InChI is InChI=1S/C18H19FN2O2S/c1-2-21(13-17(22)20-12-16-4-3-11-24-16)18(23)10-7-14-5-8-15(19)9-6-14/h3-11H,2,12-13H2,1H3,(H,20,22). The zero-order valence-electron chi connectivity index (χ0n) is 13.4. The third-order valence-electron chi connectivity index (χ3n) is 3.36. The number of rotatable bonds is 7. The molecule has 0 unspecified atom stereocenters. The summed E-state index contributed by atoms with van der Waals surface area (Å²) in [7, 11) is 0. The lowest BCUT2D eigenvalue weighted by Crippen LogP contribution is -2.39. The van der Waals surface area contributed by atoms with E-state index in [2.05, 4.69) is 5.32 Å². The second kappa shape index (κ2) is 8.98. The van der Waals surface area contributed by atoms with Crippen LogP contribution in [0.1, 0.15) is 17.4 Å². The number of hydrogen-bond donors (Lipinski definition) is 1. The summed E-state index contributed by atoms with van der Waals surface area (Å²) in [6, 6.07) is 9.71. The van der Waals surface area contributed by atoms with Gasteiger partial charge in [-0.2, -0.15) is 0 Å². The van der Waals surface area contributed by atoms with E-state index in [9.17, 15) is 14.0 Å². The molecule has 2 amide bonds. The van der Waals surface area contributed by atoms with Crippen molar-refractivity contribution in [2.75, 3.05) is 13.1 Å². The molecule has 0 aliphatic heterocycles. The predicted octanol–water partition coefficient (Wildman–Crippen LogP) is 3.07. The smallest absolute Gasteiger partial charge is 0.247 e. The zero-order valence-corrected chi connectivity index (χ0v) is 14.2. The van der Waals surface area contributed by atoms with E-state index in [1.165, 1.54) is 23.1 Å². The fourth-order valence-corrected chi connectivity index (χ4v) is 2.67. The van der Waals surface area contributed by atoms with Crippen molar-refractivity contribution >= 4 is 29.2 Å². The molecular weight excluding hydrogens is 327 g/mol. The molecule has 6 heteroatoms. The molecule has 0 saturated heterocycles. The summed E-state index contributed by atoms with van der Waals surface area (Å²) >= 11 is 1.57. The van der Waals surface area contributed by atoms with Crippen LogP contribution in [0.2, 0.25) is 0 Å². The van der Waals surface area contributed by atoms with Gasteiger partial charge in [-0.1, -0.05) is 18.2 Å². The summed E-state index contributed by atoms with van der Waals surface area (Å²) < 4.78 is 12.8. The first kappa shape index (κ1) is 17.9. The molecule has 0 saturated carbocycles. The Morgan fingerprint density at radius 1 is 1.25 bits per heavy atom. The van der Waals surface area contributed by atoms with Crippen molar-refractivity contribution in [3.8, 4) is 0 Å². The van der Waals surface area contributed by atoms with Crippen LogP contribution in [0.4, 0.5) is 4.39 Å². The Morgan fingerprint density at radius 2 is 2.00 bits per heavy atom. The lowest BCUT2D eigenvalue weighted by molar-refractivity contribution is -0.132. The van der Waals surface area contributed by atoms with Crippen molar-refractivity contribution in [1.29, 1.82) is 0 Å². The van der Waals surface area contributed by atoms with Gasteiger partial charge in [0, 0.05) is 17.5 Å². The van der Waals surface area contributed by atoms with E-state index < -0.39 is 0 Å². The van der Waals surface area contributed by atoms with Gasteiger partial charge in [-0.05, 0) is 42.1 Å². The van der Waals surface area contributed by atoms with Gasteiger partial charge in [0.15, 0.2) is 0 Å². The van der Waals surface area contributed by atoms with Crippen molar-refractivity contribution in [3.63, 3.8) is 0 Å². The molecule has 0 radical (unpaired) electrons. The second-order valence-corrected chi connectivity index (χ2v) is 6.13. The molecule has 0 atom stereocenters. The van der Waals surface area contributed by atoms with Crippen LogP contribution in [0, 0.1) is 5.82 Å². The molecule has 4 nitrogen and oxygen atoms in total. The number of thiophene rings is 1. The summed E-state index contributed by atoms with van der Waals surface area (Å²) in [6.45, 7) is 2.72. The Bertz CT molecular complexity index is 696. The molecule has 0 fully saturated rings. The quantitative estimate of drug-likeness (QED) is 0.784. The highest BCUT2D eigenvalue weighted by Crippen LogP contribution is 2.07. The summed E-state index contributed by atoms with van der Waals surface area (Å²) in [5.41, 5.74) is 0.725. The van der Waals surface area contributed by atoms with E-state index in [-0.39, 0.29) is 24.2 Å². The van der Waals surface area contributed by atoms with Gasteiger partial charge in [0.05, 0.1) is 13.1 Å². The van der Waals surface area contributed by atoms with E-state index in [4.69, 9.17) is 0 Å². The van der Waals surface area contributed by atoms with Gasteiger partial charge in [0.2, 0.25) is 11.8 Å². The lowest BCUT2D eigenvalue weighted by atomic mass is 10.2. The Hall–Kier alpha value is -2.47. The predicted molar refractivity (Wildman–Crippen MR) is 93.9 cm³/mol. The van der Waals surface area contributed by atoms with Gasteiger partial charge in [-0.15, -0.1) is 11.3 Å². The largest absolute Gasteiger partial charge is 0.350 e. The monoisotopic (exact) mass is 346 g/mol. The third kappa shape index (κ3) is 5.62. The minimum Gasteiger partial charge on any atom is -0.350 e. The van der Waals surface area contributed by atoms with Crippen LogP contribution in [0.25, 0.3) is 6.08 Å². The topological polar surface area (TPSA) is 49.4 Å². The zero-order chi connectivity index (χ0) is 17.4. The molecule has 2 aromatic rings. The van der Waals surface area contributed by atoms with Gasteiger partial charge in [0.25, 0.3) is 0 Å². The number of carbonyl (C=O) groups excluding carboxylic acids is 2. The number of nitrogens with zero attached hydrogens (tertiary/aromatic N) is 1. The van der Waals surface area contributed by atoms with Crippen LogP contribution in [0.3, 0.4) is 0 Å². The molecule has 126 valence electrons. The SMILES string of the molecule is CCN(CC(=O)NCc1cccs1)C(=O)C=Cc1ccc(F)cc1. The average Bonchev–Trinajstić information content (AvgIpc) is 3.10. The van der Waals surface area contributed by atoms with Crippen molar-refractivity contribution in [2.45, 2.75) is 13.5 Å². The van der Waals surface area contributed by atoms with Gasteiger partial charge in [0.1, 0.15) is 5.82 Å². The molecule has 2 rings (SSSR count). The average molecular weight is 346 g/mol. The van der Waals surface area contributed by atoms with E-state index >= 15 is 0 Å². The Balaban J connectivity index is 1.86. The number of hydrogen-bond acceptors (Lipinski definition) is 3. The fourth-order valence-electron chi connectivity index (χ4n) is 2.02. The molecule has 0 aliphatic carbocycles. The third-order valence-corrected chi connectivity index (χ3v) is 4.23. The van der Waals surface area contributed by atoms with Crippen LogP contribution >= 0.6 is 11.3 Å². The molecule has 0 bridgehead atoms. The Morgan fingerprint density at radius 3 is 2.62 bits per heavy atom. The normalized spacial score (nSPS) is 10.8. The molecule has 0 spiro atoms. The van der Waals surface area contributed by atoms with E-state index in [1.54, 1.807) is 29.5 Å². The minimum absolute atomic E-state index is 0.00840. The maximum absolute atomic E-state index is 12.8. The maximum atomic E-state index is 12.8. The van der Waals surface area contributed by atoms with Gasteiger partial charge >= 0.3 is 0 Å². The molecular formula is C18H19FN2O2S. The van der Waals surface area contributed by atoms with E-state index in [0.29, 0.717) is 13.1 Å². The molecule has 24 heavy (non-hydrogen) atoms. The highest BCUT2D eigenvalue weighted by Gasteiger charge is 2.13. The molecule has 0 aliphatic rings. The van der Waals surface area contributed by atoms with Gasteiger partial charge < -0.3 is 10.2 Å². The first-order chi connectivity index (χ1) is 11.6. The van der Waals surface area contributed by atoms with Crippen LogP contribution in [-0.2, 0) is 16.1 Å². The summed E-state index contributed by atoms with van der Waals surface area (Å²) in [6.07, 6.45) is 3.00. The number of benzene rings is 1. The molecule has 1 N–H and O–H groups in total. The van der Waals surface area contributed by atoms with Crippen molar-refractivity contribution < 1.29 is 14.0 Å². The Labute approximate surface area is 144 Å². The first-order valence-electron chi connectivity index (χ1n) is 7.60. The first-order valence-corrected chi connectivity index (χ1v) is 8.48. The van der Waals surface area contributed by atoms with Gasteiger partial charge in [-0.3, -0.25) is 9.59 Å². The number of amides is 2. The van der Waals surface area contributed by atoms with E-state index in [1.807, 2.05) is 24.4 Å². The number of likely N-dealkylation sites (N-methyl/N-ethyl adjacent to an activating group) is 1. The second-order valence-electron chi connectivity index (χ2n) is 5.09. The van der Waals surface area contributed by atoms with Crippen LogP contribution in [0.15, 0.2) is 47.9 Å². The minimum atomic E-state index is -0.323. The van der Waals surface area contributed by atoms with Gasteiger partial charge in [-0.25, -0.2) is 4.39 Å². The van der Waals surface area contributed by atoms with Crippen molar-refractivity contribution in [3.05, 3.63) is 64.1 Å². The molecule has 1 heterocycles. The number of halogens is 1. The summed E-state index contributed by atoms with van der Waals surface area (Å²) in [4.78, 5) is 26.6. The number of carbonyl (C=O) groups is 2. The van der Waals surface area contributed by atoms with Crippen LogP contribution in [-0.4, -0.2) is 29.8 Å². The highest BCUT2D eigenvalue weighted by atomic mass is 32.1. The Kier molecular flexibility index (Phi) is 6.69. The van der Waals surface area contributed by atoms with Crippen molar-refractivity contribution in [1.82, 2.24) is 10.2 Å². The fraction of sp³-hybridized carbons (Fsp3) is 0.222. The van der Waals surface area contributed by atoms with Crippen molar-refractivity contribution in [2.24, 2.45) is 0 Å². The summed E-state index contributed by atoms with van der Waals surface area (Å²) in [5, 5.41) is 4.74. The van der Waals surface area contributed by atoms with Crippen LogP contribution < -0.4 is 5.32 Å². The lowest BCUT2D eigenvalue weighted by Gasteiger charge is -2.18. The maximum Gasteiger partial charge on any atom is 0.247 e. The van der Waals surface area contributed by atoms with E-state index in [0.717, 1.165) is 10.4 Å².